The van der Waals surface area contributed by atoms with Gasteiger partial charge in [-0.15, -0.1) is 0 Å². The molecule has 0 radical (unpaired) electrons. The van der Waals surface area contributed by atoms with E-state index in [0.29, 0.717) is 25.7 Å². The maximum Gasteiger partial charge on any atom is 0.417 e. The molecule has 1 aliphatic rings. The Kier molecular flexibility index (Phi) is 3.69. The van der Waals surface area contributed by atoms with Gasteiger partial charge in [0.1, 0.15) is 0 Å². The quantitative estimate of drug-likeness (QED) is 0.757. The van der Waals surface area contributed by atoms with Crippen LogP contribution in [0.4, 0.5) is 13.2 Å². The second-order valence-electron chi connectivity index (χ2n) is 4.58. The van der Waals surface area contributed by atoms with Gasteiger partial charge in [-0.05, 0) is 31.1 Å². The maximum atomic E-state index is 12.8. The molecule has 1 aliphatic carbocycles. The van der Waals surface area contributed by atoms with Gasteiger partial charge < -0.3 is 5.11 Å². The lowest BCUT2D eigenvalue weighted by atomic mass is 9.83. The van der Waals surface area contributed by atoms with Crippen LogP contribution in [-0.2, 0) is 0 Å². The molecule has 1 unspecified atom stereocenters. The molecular weight excluding hydrogens is 205 g/mol. The van der Waals surface area contributed by atoms with E-state index < -0.39 is 17.7 Å². The summed E-state index contributed by atoms with van der Waals surface area (Å²) in [5, 5.41) is 9.80. The van der Waals surface area contributed by atoms with Gasteiger partial charge in [-0.3, -0.25) is 0 Å². The Morgan fingerprint density at radius 3 is 1.93 bits per heavy atom. The number of hydrogen-bond donors (Lipinski definition) is 1. The van der Waals surface area contributed by atoms with Crippen molar-refractivity contribution < 1.29 is 18.3 Å². The van der Waals surface area contributed by atoms with Crippen LogP contribution in [0.25, 0.3) is 0 Å². The molecule has 1 rings (SSSR count). The number of hydrogen-bond acceptors (Lipinski definition) is 1. The molecule has 1 N–H and O–H groups in total. The summed E-state index contributed by atoms with van der Waals surface area (Å²) in [6.45, 7) is 3.75. The molecule has 0 heterocycles. The van der Waals surface area contributed by atoms with Crippen molar-refractivity contribution in [3.63, 3.8) is 0 Å². The maximum absolute atomic E-state index is 12.8. The van der Waals surface area contributed by atoms with Crippen molar-refractivity contribution in [2.75, 3.05) is 0 Å². The molecule has 0 bridgehead atoms. The van der Waals surface area contributed by atoms with Crippen LogP contribution in [0.2, 0.25) is 0 Å². The summed E-state index contributed by atoms with van der Waals surface area (Å²) in [7, 11) is 0. The van der Waals surface area contributed by atoms with Crippen LogP contribution in [0.15, 0.2) is 0 Å². The third-order valence-electron chi connectivity index (χ3n) is 3.50. The molecule has 1 saturated carbocycles. The van der Waals surface area contributed by atoms with Crippen LogP contribution in [0.1, 0.15) is 46.0 Å². The highest BCUT2D eigenvalue weighted by molar-refractivity contribution is 5.00. The van der Waals surface area contributed by atoms with Crippen molar-refractivity contribution in [3.8, 4) is 0 Å². The molecule has 0 spiro atoms. The van der Waals surface area contributed by atoms with Gasteiger partial charge in [-0.25, -0.2) is 0 Å². The van der Waals surface area contributed by atoms with Gasteiger partial charge in [0.15, 0.2) is 5.60 Å². The van der Waals surface area contributed by atoms with Gasteiger partial charge in [0, 0.05) is 0 Å². The van der Waals surface area contributed by atoms with Gasteiger partial charge in [0.05, 0.1) is 0 Å². The minimum Gasteiger partial charge on any atom is -0.380 e. The van der Waals surface area contributed by atoms with E-state index in [1.807, 2.05) is 13.8 Å². The summed E-state index contributed by atoms with van der Waals surface area (Å²) in [6, 6.07) is 0. The zero-order valence-corrected chi connectivity index (χ0v) is 9.27. The summed E-state index contributed by atoms with van der Waals surface area (Å²) < 4.78 is 38.3. The monoisotopic (exact) mass is 224 g/mol. The molecule has 90 valence electrons. The van der Waals surface area contributed by atoms with Gasteiger partial charge in [-0.2, -0.15) is 13.2 Å². The molecule has 0 aliphatic heterocycles. The molecule has 1 atom stereocenters. The van der Waals surface area contributed by atoms with Crippen molar-refractivity contribution in [2.45, 2.75) is 57.7 Å². The Bertz CT molecular complexity index is 206. The molecule has 0 saturated heterocycles. The van der Waals surface area contributed by atoms with Crippen molar-refractivity contribution >= 4 is 0 Å². The van der Waals surface area contributed by atoms with Crippen LogP contribution in [0.3, 0.4) is 0 Å². The predicted octanol–water partition coefficient (Wildman–Crippen LogP) is 3.52. The summed E-state index contributed by atoms with van der Waals surface area (Å²) in [5.74, 6) is -0.588. The molecule has 1 nitrogen and oxygen atoms in total. The average Bonchev–Trinajstić information content (AvgIpc) is 2.95. The van der Waals surface area contributed by atoms with Crippen molar-refractivity contribution in [1.82, 2.24) is 0 Å². The van der Waals surface area contributed by atoms with Crippen molar-refractivity contribution in [1.29, 1.82) is 0 Å². The van der Waals surface area contributed by atoms with E-state index >= 15 is 0 Å². The minimum atomic E-state index is -4.48. The summed E-state index contributed by atoms with van der Waals surface area (Å²) in [5.41, 5.74) is -2.43. The van der Waals surface area contributed by atoms with Gasteiger partial charge in [0.2, 0.25) is 0 Å². The molecule has 0 aromatic heterocycles. The van der Waals surface area contributed by atoms with E-state index in [-0.39, 0.29) is 12.3 Å². The predicted molar refractivity (Wildman–Crippen MR) is 52.4 cm³/mol. The first-order chi connectivity index (χ1) is 6.85. The fraction of sp³-hybridized carbons (Fsp3) is 1.00. The Hall–Kier alpha value is -0.250. The lowest BCUT2D eigenvalue weighted by molar-refractivity contribution is -0.274. The topological polar surface area (TPSA) is 20.2 Å². The highest BCUT2D eigenvalue weighted by Gasteiger charge is 2.61. The van der Waals surface area contributed by atoms with E-state index in [4.69, 9.17) is 0 Å². The molecular formula is C11H19F3O. The van der Waals surface area contributed by atoms with Gasteiger partial charge >= 0.3 is 6.18 Å². The van der Waals surface area contributed by atoms with Gasteiger partial charge in [0.25, 0.3) is 0 Å². The minimum absolute atomic E-state index is 0.0303. The third kappa shape index (κ3) is 2.65. The second-order valence-corrected chi connectivity index (χ2v) is 4.58. The Labute approximate surface area is 88.7 Å². The lowest BCUT2D eigenvalue weighted by Crippen LogP contribution is -2.48. The lowest BCUT2D eigenvalue weighted by Gasteiger charge is -2.33. The molecule has 1 fully saturated rings. The Balaban J connectivity index is 2.73. The average molecular weight is 224 g/mol. The number of aliphatic hydroxyl groups is 1. The number of halogens is 3. The summed E-state index contributed by atoms with van der Waals surface area (Å²) >= 11 is 0. The van der Waals surface area contributed by atoms with Crippen molar-refractivity contribution in [2.24, 2.45) is 11.8 Å². The molecule has 0 amide bonds. The largest absolute Gasteiger partial charge is 0.417 e. The highest BCUT2D eigenvalue weighted by atomic mass is 19.4. The van der Waals surface area contributed by atoms with Crippen LogP contribution >= 0.6 is 0 Å². The summed E-state index contributed by atoms with van der Waals surface area (Å²) in [6.07, 6.45) is -2.19. The molecule has 4 heteroatoms. The number of rotatable bonds is 5. The highest BCUT2D eigenvalue weighted by Crippen LogP contribution is 2.51. The Morgan fingerprint density at radius 1 is 1.20 bits per heavy atom. The zero-order valence-electron chi connectivity index (χ0n) is 9.27. The first-order valence-corrected chi connectivity index (χ1v) is 5.64. The molecule has 0 aromatic carbocycles. The first kappa shape index (κ1) is 12.8. The van der Waals surface area contributed by atoms with E-state index in [2.05, 4.69) is 0 Å². The van der Waals surface area contributed by atoms with E-state index in [1.165, 1.54) is 0 Å². The number of alkyl halides is 3. The standard InChI is InChI=1S/C11H19F3O/c1-3-8(4-2)7-10(15,9-5-6-9)11(12,13)14/h8-9,15H,3-7H2,1-2H3. The fourth-order valence-corrected chi connectivity index (χ4v) is 2.09. The third-order valence-corrected chi connectivity index (χ3v) is 3.50. The molecule has 15 heavy (non-hydrogen) atoms. The SMILES string of the molecule is CCC(CC)CC(O)(C1CC1)C(F)(F)F. The smallest absolute Gasteiger partial charge is 0.380 e. The zero-order chi connectivity index (χ0) is 11.7. The van der Waals surface area contributed by atoms with E-state index in [1.54, 1.807) is 0 Å². The van der Waals surface area contributed by atoms with E-state index in [0.717, 1.165) is 0 Å². The fourth-order valence-electron chi connectivity index (χ4n) is 2.09. The second kappa shape index (κ2) is 4.32. The summed E-state index contributed by atoms with van der Waals surface area (Å²) in [4.78, 5) is 0. The van der Waals surface area contributed by atoms with Gasteiger partial charge in [-0.1, -0.05) is 26.7 Å². The molecule has 0 aromatic rings. The van der Waals surface area contributed by atoms with E-state index in [9.17, 15) is 18.3 Å². The van der Waals surface area contributed by atoms with Crippen LogP contribution in [0, 0.1) is 11.8 Å². The van der Waals surface area contributed by atoms with Crippen LogP contribution in [-0.4, -0.2) is 16.9 Å². The Morgan fingerprint density at radius 2 is 1.67 bits per heavy atom. The normalized spacial score (nSPS) is 21.8. The van der Waals surface area contributed by atoms with Crippen LogP contribution in [0.5, 0.6) is 0 Å². The van der Waals surface area contributed by atoms with Crippen molar-refractivity contribution in [3.05, 3.63) is 0 Å². The first-order valence-electron chi connectivity index (χ1n) is 5.64. The van der Waals surface area contributed by atoms with Crippen LogP contribution < -0.4 is 0 Å².